The molecule has 0 N–H and O–H groups in total. The second-order valence-corrected chi connectivity index (χ2v) is 6.40. The smallest absolute Gasteiger partial charge is 0.254 e. The molecule has 7 heteroatoms. The van der Waals surface area contributed by atoms with Crippen LogP contribution in [0.4, 0.5) is 5.82 Å². The van der Waals surface area contributed by atoms with Crippen LogP contribution in [-0.2, 0) is 0 Å². The molecule has 1 fully saturated rings. The van der Waals surface area contributed by atoms with Crippen molar-refractivity contribution in [1.29, 1.82) is 0 Å². The molecule has 1 aliphatic rings. The van der Waals surface area contributed by atoms with Crippen molar-refractivity contribution in [3.05, 3.63) is 55.1 Å². The molecule has 1 aromatic carbocycles. The van der Waals surface area contributed by atoms with Crippen LogP contribution in [0.15, 0.2) is 55.1 Å². The molecule has 7 nitrogen and oxygen atoms in total. The standard InChI is InChI=1S/C19H18N6O/c1-2-6-16-15(5-1)17(7-9-20-16)26-12-14-4-3-11-24(14)18-8-10-21-19-22-13-23-25(18)19/h1-2,5-10,13-14H,3-4,11-12H2. The Kier molecular flexibility index (Phi) is 3.62. The second kappa shape index (κ2) is 6.25. The lowest BCUT2D eigenvalue weighted by molar-refractivity contribution is 0.291. The van der Waals surface area contributed by atoms with E-state index in [4.69, 9.17) is 4.74 Å². The SMILES string of the molecule is c1ccc2c(OCC3CCCN3c3ccnc4ncnn34)ccnc2c1. The van der Waals surface area contributed by atoms with Crippen molar-refractivity contribution < 1.29 is 4.74 Å². The molecule has 0 radical (unpaired) electrons. The fourth-order valence-electron chi connectivity index (χ4n) is 3.64. The van der Waals surface area contributed by atoms with Crippen LogP contribution < -0.4 is 9.64 Å². The van der Waals surface area contributed by atoms with Crippen molar-refractivity contribution in [3.63, 3.8) is 0 Å². The molecule has 3 aromatic heterocycles. The highest BCUT2D eigenvalue weighted by molar-refractivity contribution is 5.84. The molecule has 130 valence electrons. The molecular weight excluding hydrogens is 328 g/mol. The molecule has 5 rings (SSSR count). The van der Waals surface area contributed by atoms with Gasteiger partial charge in [-0.15, -0.1) is 0 Å². The third kappa shape index (κ3) is 2.52. The number of aromatic nitrogens is 5. The van der Waals surface area contributed by atoms with E-state index in [-0.39, 0.29) is 6.04 Å². The van der Waals surface area contributed by atoms with Gasteiger partial charge in [-0.25, -0.2) is 4.98 Å². The van der Waals surface area contributed by atoms with Gasteiger partial charge < -0.3 is 9.64 Å². The maximum atomic E-state index is 6.21. The molecule has 4 heterocycles. The summed E-state index contributed by atoms with van der Waals surface area (Å²) in [6.07, 6.45) is 7.33. The fraction of sp³-hybridized carbons (Fsp3) is 0.263. The first-order valence-corrected chi connectivity index (χ1v) is 8.78. The van der Waals surface area contributed by atoms with E-state index in [1.807, 2.05) is 36.4 Å². The van der Waals surface area contributed by atoms with E-state index in [2.05, 4.69) is 25.0 Å². The van der Waals surface area contributed by atoms with Gasteiger partial charge in [0.1, 0.15) is 24.5 Å². The van der Waals surface area contributed by atoms with E-state index in [9.17, 15) is 0 Å². The Hall–Kier alpha value is -3.22. The van der Waals surface area contributed by atoms with Gasteiger partial charge in [-0.2, -0.15) is 14.6 Å². The molecule has 0 bridgehead atoms. The van der Waals surface area contributed by atoms with Crippen LogP contribution in [0.25, 0.3) is 16.7 Å². The summed E-state index contributed by atoms with van der Waals surface area (Å²) in [4.78, 5) is 15.2. The quantitative estimate of drug-likeness (QED) is 0.566. The van der Waals surface area contributed by atoms with Crippen molar-refractivity contribution in [2.24, 2.45) is 0 Å². The number of hydrogen-bond acceptors (Lipinski definition) is 6. The lowest BCUT2D eigenvalue weighted by atomic mass is 10.2. The number of para-hydroxylation sites is 1. The Balaban J connectivity index is 1.40. The van der Waals surface area contributed by atoms with Crippen LogP contribution in [0.3, 0.4) is 0 Å². The van der Waals surface area contributed by atoms with Crippen LogP contribution in [0.5, 0.6) is 5.75 Å². The van der Waals surface area contributed by atoms with Crippen LogP contribution in [0.1, 0.15) is 12.8 Å². The molecule has 1 aliphatic heterocycles. The molecule has 1 atom stereocenters. The molecule has 0 spiro atoms. The minimum Gasteiger partial charge on any atom is -0.491 e. The average Bonchev–Trinajstić information content (AvgIpc) is 3.35. The predicted molar refractivity (Wildman–Crippen MR) is 98.4 cm³/mol. The number of pyridine rings is 1. The highest BCUT2D eigenvalue weighted by atomic mass is 16.5. The average molecular weight is 346 g/mol. The van der Waals surface area contributed by atoms with Gasteiger partial charge in [-0.3, -0.25) is 4.98 Å². The van der Waals surface area contributed by atoms with Crippen molar-refractivity contribution in [2.75, 3.05) is 18.1 Å². The second-order valence-electron chi connectivity index (χ2n) is 6.40. The zero-order chi connectivity index (χ0) is 17.3. The van der Waals surface area contributed by atoms with Gasteiger partial charge >= 0.3 is 0 Å². The van der Waals surface area contributed by atoms with Gasteiger partial charge in [0.2, 0.25) is 0 Å². The summed E-state index contributed by atoms with van der Waals surface area (Å²) in [6.45, 7) is 1.59. The van der Waals surface area contributed by atoms with Crippen molar-refractivity contribution in [2.45, 2.75) is 18.9 Å². The summed E-state index contributed by atoms with van der Waals surface area (Å²) in [6, 6.07) is 12.3. The van der Waals surface area contributed by atoms with Gasteiger partial charge in [0.15, 0.2) is 0 Å². The number of anilines is 1. The molecule has 1 unspecified atom stereocenters. The number of ether oxygens (including phenoxy) is 1. The zero-order valence-electron chi connectivity index (χ0n) is 14.2. The highest BCUT2D eigenvalue weighted by Gasteiger charge is 2.27. The maximum absolute atomic E-state index is 6.21. The summed E-state index contributed by atoms with van der Waals surface area (Å²) in [5.41, 5.74) is 0.951. The van der Waals surface area contributed by atoms with Crippen LogP contribution >= 0.6 is 0 Å². The van der Waals surface area contributed by atoms with Gasteiger partial charge in [0.05, 0.1) is 11.6 Å². The number of nitrogens with zero attached hydrogens (tertiary/aromatic N) is 6. The molecule has 0 saturated carbocycles. The van der Waals surface area contributed by atoms with E-state index >= 15 is 0 Å². The number of hydrogen-bond donors (Lipinski definition) is 0. The maximum Gasteiger partial charge on any atom is 0.254 e. The molecule has 1 saturated heterocycles. The van der Waals surface area contributed by atoms with Crippen LogP contribution in [-0.4, -0.2) is 43.8 Å². The first kappa shape index (κ1) is 15.1. The zero-order valence-corrected chi connectivity index (χ0v) is 14.2. The van der Waals surface area contributed by atoms with Gasteiger partial charge in [0.25, 0.3) is 5.78 Å². The first-order chi connectivity index (χ1) is 12.9. The van der Waals surface area contributed by atoms with Gasteiger partial charge in [0, 0.05) is 24.3 Å². The number of rotatable bonds is 4. The summed E-state index contributed by atoms with van der Waals surface area (Å²) in [5.74, 6) is 2.51. The molecule has 4 aromatic rings. The first-order valence-electron chi connectivity index (χ1n) is 8.78. The third-order valence-corrected chi connectivity index (χ3v) is 4.87. The Labute approximate surface area is 150 Å². The van der Waals surface area contributed by atoms with Crippen molar-refractivity contribution >= 4 is 22.5 Å². The lowest BCUT2D eigenvalue weighted by Crippen LogP contribution is -2.35. The molecule has 0 aliphatic carbocycles. The minimum absolute atomic E-state index is 0.289. The monoisotopic (exact) mass is 346 g/mol. The van der Waals surface area contributed by atoms with Gasteiger partial charge in [-0.1, -0.05) is 12.1 Å². The van der Waals surface area contributed by atoms with Gasteiger partial charge in [-0.05, 0) is 37.1 Å². The Morgan fingerprint density at radius 1 is 1.04 bits per heavy atom. The Morgan fingerprint density at radius 3 is 2.96 bits per heavy atom. The summed E-state index contributed by atoms with van der Waals surface area (Å²) in [7, 11) is 0. The topological polar surface area (TPSA) is 68.4 Å². The van der Waals surface area contributed by atoms with E-state index in [0.717, 1.165) is 41.9 Å². The number of fused-ring (bicyclic) bond motifs is 2. The number of benzene rings is 1. The van der Waals surface area contributed by atoms with Crippen molar-refractivity contribution in [1.82, 2.24) is 24.6 Å². The fourth-order valence-corrected chi connectivity index (χ4v) is 3.64. The summed E-state index contributed by atoms with van der Waals surface area (Å²) < 4.78 is 8.00. The molecule has 0 amide bonds. The van der Waals surface area contributed by atoms with E-state index in [1.165, 1.54) is 6.33 Å². The summed E-state index contributed by atoms with van der Waals surface area (Å²) >= 11 is 0. The van der Waals surface area contributed by atoms with Crippen LogP contribution in [0.2, 0.25) is 0 Å². The largest absolute Gasteiger partial charge is 0.491 e. The third-order valence-electron chi connectivity index (χ3n) is 4.87. The highest BCUT2D eigenvalue weighted by Crippen LogP contribution is 2.28. The molecule has 26 heavy (non-hydrogen) atoms. The molecular formula is C19H18N6O. The Bertz CT molecular complexity index is 1060. The minimum atomic E-state index is 0.289. The predicted octanol–water partition coefficient (Wildman–Crippen LogP) is 2.72. The van der Waals surface area contributed by atoms with E-state index < -0.39 is 0 Å². The Morgan fingerprint density at radius 2 is 1.96 bits per heavy atom. The summed E-state index contributed by atoms with van der Waals surface area (Å²) in [5, 5.41) is 5.35. The van der Waals surface area contributed by atoms with E-state index in [0.29, 0.717) is 12.4 Å². The normalized spacial score (nSPS) is 17.2. The van der Waals surface area contributed by atoms with E-state index in [1.54, 1.807) is 16.9 Å². The van der Waals surface area contributed by atoms with Crippen molar-refractivity contribution in [3.8, 4) is 5.75 Å². The lowest BCUT2D eigenvalue weighted by Gasteiger charge is -2.26. The van der Waals surface area contributed by atoms with Crippen LogP contribution in [0, 0.1) is 0 Å².